The van der Waals surface area contributed by atoms with E-state index in [2.05, 4.69) is 95.8 Å². The molecule has 36 heavy (non-hydrogen) atoms. The number of unbranched alkanes of at least 4 members (excludes halogenated alkanes) is 1. The highest BCUT2D eigenvalue weighted by atomic mass is 16.2. The maximum atomic E-state index is 13.6. The first kappa shape index (κ1) is 27.7. The highest BCUT2D eigenvalue weighted by Crippen LogP contribution is 2.17. The van der Waals surface area contributed by atoms with Crippen LogP contribution in [0.4, 0.5) is 0 Å². The van der Waals surface area contributed by atoms with Crippen LogP contribution < -0.4 is 0 Å². The predicted octanol–water partition coefficient (Wildman–Crippen LogP) is 7.48. The quantitative estimate of drug-likeness (QED) is 0.263. The summed E-state index contributed by atoms with van der Waals surface area (Å²) in [4.78, 5) is 18.2. The van der Waals surface area contributed by atoms with E-state index in [0.717, 1.165) is 55.7 Å². The summed E-state index contributed by atoms with van der Waals surface area (Å²) in [7, 11) is 0. The van der Waals surface area contributed by atoms with Crippen LogP contribution in [0.5, 0.6) is 0 Å². The molecule has 0 spiro atoms. The number of hydrogen-bond acceptors (Lipinski definition) is 2. The summed E-state index contributed by atoms with van der Waals surface area (Å²) < 4.78 is 0. The smallest absolute Gasteiger partial charge is 0.254 e. The van der Waals surface area contributed by atoms with Gasteiger partial charge in [0.05, 0.1) is 0 Å². The van der Waals surface area contributed by atoms with Gasteiger partial charge in [0.25, 0.3) is 5.91 Å². The maximum absolute atomic E-state index is 13.6. The van der Waals surface area contributed by atoms with E-state index in [1.165, 1.54) is 33.4 Å². The van der Waals surface area contributed by atoms with E-state index < -0.39 is 0 Å². The molecule has 0 unspecified atom stereocenters. The highest BCUT2D eigenvalue weighted by molar-refractivity contribution is 5.94. The number of amides is 1. The van der Waals surface area contributed by atoms with E-state index in [1.807, 2.05) is 17.0 Å². The third-order valence-corrected chi connectivity index (χ3v) is 6.70. The Balaban J connectivity index is 1.67. The van der Waals surface area contributed by atoms with Crippen molar-refractivity contribution in [3.05, 3.63) is 105 Å². The summed E-state index contributed by atoms with van der Waals surface area (Å²) in [6.07, 6.45) is 2.06. The summed E-state index contributed by atoms with van der Waals surface area (Å²) >= 11 is 0. The number of nitrogens with zero attached hydrogens (tertiary/aromatic N) is 2. The second kappa shape index (κ2) is 12.9. The molecular formula is C33H44N2O. The van der Waals surface area contributed by atoms with Crippen LogP contribution in [0, 0.1) is 41.5 Å². The minimum atomic E-state index is 0.128. The summed E-state index contributed by atoms with van der Waals surface area (Å²) in [5.74, 6) is 0.128. The summed E-state index contributed by atoms with van der Waals surface area (Å²) in [5, 5.41) is 0. The summed E-state index contributed by atoms with van der Waals surface area (Å²) in [6.45, 7) is 19.4. The van der Waals surface area contributed by atoms with Crippen LogP contribution >= 0.6 is 0 Å². The Bertz CT molecular complexity index is 1120. The lowest BCUT2D eigenvalue weighted by Gasteiger charge is -2.25. The Morgan fingerprint density at radius 2 is 1.00 bits per heavy atom. The molecule has 1 amide bonds. The molecule has 0 atom stereocenters. The molecule has 3 rings (SSSR count). The van der Waals surface area contributed by atoms with E-state index in [9.17, 15) is 4.79 Å². The van der Waals surface area contributed by atoms with Gasteiger partial charge < -0.3 is 4.90 Å². The van der Waals surface area contributed by atoms with Crippen LogP contribution in [0.25, 0.3) is 0 Å². The van der Waals surface area contributed by atoms with Crippen molar-refractivity contribution in [2.75, 3.05) is 19.6 Å². The van der Waals surface area contributed by atoms with Crippen LogP contribution in [-0.2, 0) is 13.1 Å². The second-order valence-corrected chi connectivity index (χ2v) is 10.7. The number of rotatable bonds is 11. The number of aryl methyl sites for hydroxylation is 6. The van der Waals surface area contributed by atoms with Gasteiger partial charge in [0.1, 0.15) is 0 Å². The van der Waals surface area contributed by atoms with Gasteiger partial charge in [-0.1, -0.05) is 82.8 Å². The fourth-order valence-corrected chi connectivity index (χ4v) is 5.32. The van der Waals surface area contributed by atoms with Crippen LogP contribution in [0.15, 0.2) is 54.6 Å². The molecule has 0 aliphatic heterocycles. The van der Waals surface area contributed by atoms with Crippen molar-refractivity contribution in [3.8, 4) is 0 Å². The van der Waals surface area contributed by atoms with E-state index in [4.69, 9.17) is 0 Å². The van der Waals surface area contributed by atoms with Gasteiger partial charge in [-0.25, -0.2) is 0 Å². The third kappa shape index (κ3) is 8.34. The molecule has 0 heterocycles. The van der Waals surface area contributed by atoms with E-state index >= 15 is 0 Å². The molecule has 0 saturated carbocycles. The zero-order chi connectivity index (χ0) is 26.2. The molecular weight excluding hydrogens is 440 g/mol. The Morgan fingerprint density at radius 1 is 0.583 bits per heavy atom. The Kier molecular flexibility index (Phi) is 9.89. The van der Waals surface area contributed by atoms with Crippen LogP contribution in [0.2, 0.25) is 0 Å². The molecule has 0 bridgehead atoms. The Labute approximate surface area is 219 Å². The van der Waals surface area contributed by atoms with Crippen molar-refractivity contribution in [3.63, 3.8) is 0 Å². The van der Waals surface area contributed by atoms with Gasteiger partial charge in [-0.3, -0.25) is 9.69 Å². The molecule has 0 aromatic heterocycles. The van der Waals surface area contributed by atoms with Crippen LogP contribution in [-0.4, -0.2) is 35.3 Å². The standard InChI is InChI=1S/C33H44N2O/c1-8-34(22-30-16-24(2)13-25(3)17-30)11-9-10-12-35(23-31-18-26(4)14-27(5)19-31)33(36)32-20-28(6)15-29(7)21-32/h13-21H,8-12,22-23H2,1-7H3. The fraction of sp³-hybridized carbons (Fsp3) is 0.424. The maximum Gasteiger partial charge on any atom is 0.254 e. The lowest BCUT2D eigenvalue weighted by atomic mass is 10.0. The molecule has 0 N–H and O–H groups in total. The number of benzene rings is 3. The van der Waals surface area contributed by atoms with Gasteiger partial charge in [0, 0.05) is 25.2 Å². The molecule has 0 saturated heterocycles. The number of carbonyl (C=O) groups excluding carboxylic acids is 1. The largest absolute Gasteiger partial charge is 0.334 e. The van der Waals surface area contributed by atoms with Gasteiger partial charge in [-0.05, 0) is 90.7 Å². The molecule has 3 aromatic rings. The average Bonchev–Trinajstić information content (AvgIpc) is 2.77. The van der Waals surface area contributed by atoms with Gasteiger partial charge in [0.15, 0.2) is 0 Å². The SMILES string of the molecule is CCN(CCCCN(Cc1cc(C)cc(C)c1)C(=O)c1cc(C)cc(C)c1)Cc1cc(C)cc(C)c1. The molecule has 3 nitrogen and oxygen atoms in total. The third-order valence-electron chi connectivity index (χ3n) is 6.70. The van der Waals surface area contributed by atoms with Crippen molar-refractivity contribution in [1.82, 2.24) is 9.80 Å². The van der Waals surface area contributed by atoms with Crippen molar-refractivity contribution in [2.45, 2.75) is 74.4 Å². The fourth-order valence-electron chi connectivity index (χ4n) is 5.32. The zero-order valence-corrected chi connectivity index (χ0v) is 23.4. The van der Waals surface area contributed by atoms with E-state index in [1.54, 1.807) is 0 Å². The van der Waals surface area contributed by atoms with E-state index in [-0.39, 0.29) is 5.91 Å². The van der Waals surface area contributed by atoms with Crippen molar-refractivity contribution < 1.29 is 4.79 Å². The molecule has 0 fully saturated rings. The average molecular weight is 485 g/mol. The summed E-state index contributed by atoms with van der Waals surface area (Å²) in [6, 6.07) is 19.6. The molecule has 0 radical (unpaired) electrons. The first-order valence-electron chi connectivity index (χ1n) is 13.4. The normalized spacial score (nSPS) is 11.2. The zero-order valence-electron chi connectivity index (χ0n) is 23.4. The topological polar surface area (TPSA) is 23.6 Å². The Hall–Kier alpha value is -2.91. The molecule has 3 aromatic carbocycles. The molecule has 192 valence electrons. The van der Waals surface area contributed by atoms with Crippen molar-refractivity contribution >= 4 is 5.91 Å². The van der Waals surface area contributed by atoms with Crippen LogP contribution in [0.3, 0.4) is 0 Å². The molecule has 0 aliphatic carbocycles. The minimum Gasteiger partial charge on any atom is -0.334 e. The first-order valence-corrected chi connectivity index (χ1v) is 13.4. The van der Waals surface area contributed by atoms with Gasteiger partial charge in [0.2, 0.25) is 0 Å². The lowest BCUT2D eigenvalue weighted by molar-refractivity contribution is 0.0738. The summed E-state index contributed by atoms with van der Waals surface area (Å²) in [5.41, 5.74) is 10.8. The first-order chi connectivity index (χ1) is 17.1. The van der Waals surface area contributed by atoms with Gasteiger partial charge >= 0.3 is 0 Å². The van der Waals surface area contributed by atoms with Gasteiger partial charge in [-0.15, -0.1) is 0 Å². The minimum absolute atomic E-state index is 0.128. The molecule has 3 heteroatoms. The van der Waals surface area contributed by atoms with Gasteiger partial charge in [-0.2, -0.15) is 0 Å². The second-order valence-electron chi connectivity index (χ2n) is 10.7. The Morgan fingerprint density at radius 3 is 1.47 bits per heavy atom. The molecule has 0 aliphatic rings. The number of carbonyl (C=O) groups is 1. The number of hydrogen-bond donors (Lipinski definition) is 0. The van der Waals surface area contributed by atoms with Crippen molar-refractivity contribution in [2.24, 2.45) is 0 Å². The monoisotopic (exact) mass is 484 g/mol. The predicted molar refractivity (Wildman–Crippen MR) is 153 cm³/mol. The highest BCUT2D eigenvalue weighted by Gasteiger charge is 2.17. The van der Waals surface area contributed by atoms with Crippen LogP contribution in [0.1, 0.15) is 74.6 Å². The van der Waals surface area contributed by atoms with E-state index in [0.29, 0.717) is 6.54 Å². The van der Waals surface area contributed by atoms with Crippen molar-refractivity contribution in [1.29, 1.82) is 0 Å². The lowest BCUT2D eigenvalue weighted by Crippen LogP contribution is -2.32.